The first-order valence-corrected chi connectivity index (χ1v) is 7.91. The average Bonchev–Trinajstić information content (AvgIpc) is 2.92. The van der Waals surface area contributed by atoms with E-state index in [0.29, 0.717) is 24.8 Å². The minimum absolute atomic E-state index is 0. The highest BCUT2D eigenvalue weighted by molar-refractivity contribution is 8.93. The number of hydrogen-bond acceptors (Lipinski definition) is 4. The fourth-order valence-corrected chi connectivity index (χ4v) is 4.12. The zero-order chi connectivity index (χ0) is 13.7. The normalized spacial score (nSPS) is 27.2. The zero-order valence-electron chi connectivity index (χ0n) is 11.4. The monoisotopic (exact) mass is 366 g/mol. The van der Waals surface area contributed by atoms with Crippen LogP contribution in [0.2, 0.25) is 0 Å². The molecule has 3 amide bonds. The lowest BCUT2D eigenvalue weighted by molar-refractivity contribution is -0.121. The van der Waals surface area contributed by atoms with Gasteiger partial charge in [-0.3, -0.25) is 4.79 Å². The van der Waals surface area contributed by atoms with Crippen LogP contribution in [0.5, 0.6) is 0 Å². The first kappa shape index (κ1) is 17.6. The third-order valence-electron chi connectivity index (χ3n) is 3.55. The number of carbonyl (C=O) groups is 2. The first-order valence-electron chi connectivity index (χ1n) is 6.86. The lowest BCUT2D eigenvalue weighted by atomic mass is 10.0. The number of amides is 3. The van der Waals surface area contributed by atoms with Crippen molar-refractivity contribution >= 4 is 40.7 Å². The highest BCUT2D eigenvalue weighted by atomic mass is 79.9. The third kappa shape index (κ3) is 4.82. The molecule has 0 saturated carbocycles. The van der Waals surface area contributed by atoms with Crippen LogP contribution in [0.4, 0.5) is 4.79 Å². The highest BCUT2D eigenvalue weighted by Crippen LogP contribution is 2.33. The van der Waals surface area contributed by atoms with Gasteiger partial charge in [-0.05, 0) is 12.8 Å². The SMILES string of the molecule is Br.NCCNC(=O)CCCC[C@@H]1SC[C@@H]2NC(=O)N[C@@H]21. The van der Waals surface area contributed by atoms with Crippen molar-refractivity contribution in [2.45, 2.75) is 43.0 Å². The van der Waals surface area contributed by atoms with Crippen molar-refractivity contribution in [2.75, 3.05) is 18.8 Å². The third-order valence-corrected chi connectivity index (χ3v) is 5.06. The predicted molar refractivity (Wildman–Crippen MR) is 86.3 cm³/mol. The first-order chi connectivity index (χ1) is 9.20. The molecule has 2 heterocycles. The fraction of sp³-hybridized carbons (Fsp3) is 0.833. The number of urea groups is 1. The van der Waals surface area contributed by atoms with Crippen molar-refractivity contribution in [3.05, 3.63) is 0 Å². The van der Waals surface area contributed by atoms with Crippen LogP contribution in [0.1, 0.15) is 25.7 Å². The molecule has 0 radical (unpaired) electrons. The van der Waals surface area contributed by atoms with E-state index in [0.717, 1.165) is 25.0 Å². The topological polar surface area (TPSA) is 96.2 Å². The van der Waals surface area contributed by atoms with Gasteiger partial charge in [0.25, 0.3) is 0 Å². The van der Waals surface area contributed by atoms with Crippen LogP contribution in [0.3, 0.4) is 0 Å². The van der Waals surface area contributed by atoms with Gasteiger partial charge in [-0.25, -0.2) is 4.79 Å². The smallest absolute Gasteiger partial charge is 0.315 e. The molecule has 0 aromatic rings. The van der Waals surface area contributed by atoms with E-state index < -0.39 is 0 Å². The molecule has 8 heteroatoms. The van der Waals surface area contributed by atoms with Crippen LogP contribution in [-0.2, 0) is 4.79 Å². The zero-order valence-corrected chi connectivity index (χ0v) is 13.9. The Labute approximate surface area is 134 Å². The minimum Gasteiger partial charge on any atom is -0.355 e. The van der Waals surface area contributed by atoms with Crippen LogP contribution < -0.4 is 21.7 Å². The van der Waals surface area contributed by atoms with Crippen molar-refractivity contribution < 1.29 is 9.59 Å². The minimum atomic E-state index is -0.0403. The van der Waals surface area contributed by atoms with Gasteiger partial charge in [0.1, 0.15) is 0 Å². The molecule has 2 aliphatic heterocycles. The lowest BCUT2D eigenvalue weighted by Crippen LogP contribution is -2.36. The van der Waals surface area contributed by atoms with Gasteiger partial charge in [-0.2, -0.15) is 11.8 Å². The molecule has 2 fully saturated rings. The number of hydrogen-bond donors (Lipinski definition) is 4. The Morgan fingerprint density at radius 1 is 1.40 bits per heavy atom. The highest BCUT2D eigenvalue weighted by Gasteiger charge is 2.42. The fourth-order valence-electron chi connectivity index (χ4n) is 2.57. The summed E-state index contributed by atoms with van der Waals surface area (Å²) in [5, 5.41) is 9.16. The molecular formula is C12H23BrN4O2S. The van der Waals surface area contributed by atoms with E-state index in [1.54, 1.807) is 0 Å². The molecule has 0 bridgehead atoms. The summed E-state index contributed by atoms with van der Waals surface area (Å²) in [7, 11) is 0. The van der Waals surface area contributed by atoms with Gasteiger partial charge in [0.05, 0.1) is 12.1 Å². The van der Waals surface area contributed by atoms with Crippen LogP contribution in [0.15, 0.2) is 0 Å². The van der Waals surface area contributed by atoms with E-state index in [1.807, 2.05) is 11.8 Å². The molecule has 0 unspecified atom stereocenters. The summed E-state index contributed by atoms with van der Waals surface area (Å²) < 4.78 is 0. The maximum absolute atomic E-state index is 11.4. The molecule has 0 spiro atoms. The Morgan fingerprint density at radius 2 is 2.20 bits per heavy atom. The van der Waals surface area contributed by atoms with Crippen LogP contribution in [0, 0.1) is 0 Å². The van der Waals surface area contributed by atoms with Crippen LogP contribution in [0.25, 0.3) is 0 Å². The Hall–Kier alpha value is -0.470. The number of thioether (sulfide) groups is 1. The van der Waals surface area contributed by atoms with E-state index in [4.69, 9.17) is 5.73 Å². The van der Waals surface area contributed by atoms with E-state index in [2.05, 4.69) is 16.0 Å². The van der Waals surface area contributed by atoms with Gasteiger partial charge in [0.15, 0.2) is 0 Å². The molecule has 2 aliphatic rings. The van der Waals surface area contributed by atoms with Gasteiger partial charge in [-0.1, -0.05) is 6.42 Å². The maximum atomic E-state index is 11.4. The number of fused-ring (bicyclic) bond motifs is 1. The van der Waals surface area contributed by atoms with Crippen molar-refractivity contribution in [2.24, 2.45) is 5.73 Å². The van der Waals surface area contributed by atoms with Crippen LogP contribution >= 0.6 is 28.7 Å². The molecule has 3 atom stereocenters. The summed E-state index contributed by atoms with van der Waals surface area (Å²) in [6.45, 7) is 1.04. The number of nitrogens with two attached hydrogens (primary N) is 1. The van der Waals surface area contributed by atoms with Crippen molar-refractivity contribution in [3.63, 3.8) is 0 Å². The lowest BCUT2D eigenvalue weighted by Gasteiger charge is -2.16. The number of rotatable bonds is 7. The Balaban J connectivity index is 0.00000200. The Bertz CT molecular complexity index is 345. The molecule has 20 heavy (non-hydrogen) atoms. The van der Waals surface area contributed by atoms with E-state index in [9.17, 15) is 9.59 Å². The van der Waals surface area contributed by atoms with E-state index in [1.165, 1.54) is 0 Å². The van der Waals surface area contributed by atoms with Gasteiger partial charge >= 0.3 is 6.03 Å². The van der Waals surface area contributed by atoms with Crippen LogP contribution in [-0.4, -0.2) is 48.1 Å². The summed E-state index contributed by atoms with van der Waals surface area (Å²) in [6.07, 6.45) is 3.53. The molecule has 5 N–H and O–H groups in total. The number of nitrogens with one attached hydrogen (secondary N) is 3. The summed E-state index contributed by atoms with van der Waals surface area (Å²) in [5.74, 6) is 1.07. The molecular weight excluding hydrogens is 344 g/mol. The van der Waals surface area contributed by atoms with Gasteiger partial charge in [-0.15, -0.1) is 17.0 Å². The molecule has 0 aromatic heterocycles. The van der Waals surface area contributed by atoms with E-state index in [-0.39, 0.29) is 41.0 Å². The second kappa shape index (κ2) is 8.74. The second-order valence-corrected chi connectivity index (χ2v) is 6.28. The standard InChI is InChI=1S/C12H22N4O2S.BrH/c13-5-6-14-10(17)4-2-1-3-9-11-8(7-19-9)15-12(18)16-11;/h8-9,11H,1-7,13H2,(H,14,17)(H2,15,16,18);1H/t8-,9-,11-;/m0./s1. The average molecular weight is 367 g/mol. The van der Waals surface area contributed by atoms with E-state index >= 15 is 0 Å². The maximum Gasteiger partial charge on any atom is 0.315 e. The van der Waals surface area contributed by atoms with Gasteiger partial charge in [0.2, 0.25) is 5.91 Å². The predicted octanol–water partition coefficient (Wildman–Crippen LogP) is 0.365. The van der Waals surface area contributed by atoms with Crippen molar-refractivity contribution in [1.29, 1.82) is 0 Å². The molecule has 2 saturated heterocycles. The quantitative estimate of drug-likeness (QED) is 0.386. The Kier molecular flexibility index (Phi) is 7.68. The Morgan fingerprint density at radius 3 is 2.95 bits per heavy atom. The van der Waals surface area contributed by atoms with Gasteiger partial charge in [0, 0.05) is 30.5 Å². The summed E-state index contributed by atoms with van der Waals surface area (Å²) in [5.41, 5.74) is 5.32. The molecule has 0 aromatic carbocycles. The second-order valence-electron chi connectivity index (χ2n) is 5.01. The number of carbonyl (C=O) groups excluding carboxylic acids is 2. The largest absolute Gasteiger partial charge is 0.355 e. The van der Waals surface area contributed by atoms with Crippen molar-refractivity contribution in [3.8, 4) is 0 Å². The number of halogens is 1. The summed E-state index contributed by atoms with van der Waals surface area (Å²) in [4.78, 5) is 22.6. The molecule has 2 rings (SSSR count). The molecule has 0 aliphatic carbocycles. The summed E-state index contributed by atoms with van der Waals surface area (Å²) in [6, 6.07) is 0.514. The van der Waals surface area contributed by atoms with Gasteiger partial charge < -0.3 is 21.7 Å². The molecule has 116 valence electrons. The van der Waals surface area contributed by atoms with Crippen molar-refractivity contribution in [1.82, 2.24) is 16.0 Å². The molecule has 6 nitrogen and oxygen atoms in total. The number of unbranched alkanes of at least 4 members (excludes halogenated alkanes) is 1. The summed E-state index contributed by atoms with van der Waals surface area (Å²) >= 11 is 1.91.